The zero-order chi connectivity index (χ0) is 14.7. The van der Waals surface area contributed by atoms with Crippen LogP contribution in [0.3, 0.4) is 0 Å². The molecule has 0 radical (unpaired) electrons. The summed E-state index contributed by atoms with van der Waals surface area (Å²) in [4.78, 5) is 30.2. The fourth-order valence-corrected chi connectivity index (χ4v) is 3.60. The number of aliphatic imine (C=N–C) groups is 1. The van der Waals surface area contributed by atoms with Gasteiger partial charge in [0.2, 0.25) is 11.8 Å². The first-order valence-electron chi connectivity index (χ1n) is 7.07. The molecule has 2 aliphatic rings. The first-order chi connectivity index (χ1) is 10.2. The van der Waals surface area contributed by atoms with Crippen molar-refractivity contribution in [1.29, 1.82) is 0 Å². The number of fused-ring (bicyclic) bond motifs is 1. The quantitative estimate of drug-likeness (QED) is 0.914. The molecule has 2 amide bonds. The van der Waals surface area contributed by atoms with Gasteiger partial charge in [-0.3, -0.25) is 19.5 Å². The number of hydrogen-bond acceptors (Lipinski definition) is 4. The van der Waals surface area contributed by atoms with Crippen LogP contribution in [0.5, 0.6) is 0 Å². The van der Waals surface area contributed by atoms with Crippen molar-refractivity contribution in [2.75, 3.05) is 13.1 Å². The molecule has 2 heterocycles. The van der Waals surface area contributed by atoms with Crippen molar-refractivity contribution in [3.05, 3.63) is 35.9 Å². The van der Waals surface area contributed by atoms with Crippen LogP contribution in [0, 0.1) is 0 Å². The predicted molar refractivity (Wildman–Crippen MR) is 82.9 cm³/mol. The summed E-state index contributed by atoms with van der Waals surface area (Å²) in [5.74, 6) is -0.0709. The summed E-state index contributed by atoms with van der Waals surface area (Å²) in [5, 5.41) is 3.33. The van der Waals surface area contributed by atoms with Crippen LogP contribution in [0.25, 0.3) is 0 Å². The number of nitrogens with one attached hydrogen (secondary N) is 1. The van der Waals surface area contributed by atoms with Gasteiger partial charge in [-0.2, -0.15) is 0 Å². The minimum atomic E-state index is -0.322. The molecule has 0 bridgehead atoms. The van der Waals surface area contributed by atoms with Crippen molar-refractivity contribution in [2.45, 2.75) is 24.6 Å². The van der Waals surface area contributed by atoms with Crippen LogP contribution >= 0.6 is 11.8 Å². The maximum atomic E-state index is 12.2. The van der Waals surface area contributed by atoms with Gasteiger partial charge in [-0.05, 0) is 12.0 Å². The van der Waals surface area contributed by atoms with Crippen LogP contribution in [0.2, 0.25) is 0 Å². The summed E-state index contributed by atoms with van der Waals surface area (Å²) in [6.45, 7) is 2.00. The molecule has 6 heteroatoms. The van der Waals surface area contributed by atoms with E-state index in [1.54, 1.807) is 4.90 Å². The third kappa shape index (κ3) is 3.26. The number of benzene rings is 1. The monoisotopic (exact) mass is 303 g/mol. The summed E-state index contributed by atoms with van der Waals surface area (Å²) in [7, 11) is 0. The third-order valence-corrected chi connectivity index (χ3v) is 4.72. The Bertz CT molecular complexity index is 574. The lowest BCUT2D eigenvalue weighted by Crippen LogP contribution is -2.37. The van der Waals surface area contributed by atoms with E-state index < -0.39 is 0 Å². The van der Waals surface area contributed by atoms with Gasteiger partial charge >= 0.3 is 0 Å². The molecule has 0 saturated carbocycles. The molecule has 1 aromatic carbocycles. The second-order valence-corrected chi connectivity index (χ2v) is 6.25. The Hall–Kier alpha value is -1.82. The molecular weight excluding hydrogens is 286 g/mol. The van der Waals surface area contributed by atoms with E-state index in [1.165, 1.54) is 11.8 Å². The largest absolute Gasteiger partial charge is 0.352 e. The second-order valence-electron chi connectivity index (χ2n) is 5.08. The molecule has 110 valence electrons. The molecule has 2 aliphatic heterocycles. The lowest BCUT2D eigenvalue weighted by molar-refractivity contribution is -0.129. The minimum absolute atomic E-state index is 0.0216. The Morgan fingerprint density at radius 2 is 2.19 bits per heavy atom. The summed E-state index contributed by atoms with van der Waals surface area (Å²) < 4.78 is 0. The molecule has 21 heavy (non-hydrogen) atoms. The fourth-order valence-electron chi connectivity index (χ4n) is 2.41. The van der Waals surface area contributed by atoms with Crippen LogP contribution < -0.4 is 5.32 Å². The van der Waals surface area contributed by atoms with E-state index in [-0.39, 0.29) is 23.5 Å². The Morgan fingerprint density at radius 1 is 1.38 bits per heavy atom. The lowest BCUT2D eigenvalue weighted by atomic mass is 10.2. The van der Waals surface area contributed by atoms with Crippen LogP contribution in [0.1, 0.15) is 18.4 Å². The summed E-state index contributed by atoms with van der Waals surface area (Å²) in [6, 6.07) is 9.74. The van der Waals surface area contributed by atoms with Gasteiger partial charge in [-0.25, -0.2) is 0 Å². The van der Waals surface area contributed by atoms with E-state index in [9.17, 15) is 9.59 Å². The predicted octanol–water partition coefficient (Wildman–Crippen LogP) is 1.40. The molecule has 1 aromatic rings. The number of carbonyl (C=O) groups is 2. The SMILES string of the molecule is O=C(CC1SC2=NCCCN2C1=O)NCc1ccccc1. The van der Waals surface area contributed by atoms with Gasteiger partial charge < -0.3 is 5.32 Å². The zero-order valence-corrected chi connectivity index (χ0v) is 12.4. The average molecular weight is 303 g/mol. The van der Waals surface area contributed by atoms with Crippen molar-refractivity contribution < 1.29 is 9.59 Å². The highest BCUT2D eigenvalue weighted by Crippen LogP contribution is 2.31. The van der Waals surface area contributed by atoms with Crippen LogP contribution in [-0.4, -0.2) is 40.2 Å². The molecule has 5 nitrogen and oxygen atoms in total. The molecule has 1 unspecified atom stereocenters. The molecule has 0 spiro atoms. The number of carbonyl (C=O) groups excluding carboxylic acids is 2. The highest BCUT2D eigenvalue weighted by molar-refractivity contribution is 8.15. The first kappa shape index (κ1) is 14.1. The minimum Gasteiger partial charge on any atom is -0.352 e. The second kappa shape index (κ2) is 6.30. The van der Waals surface area contributed by atoms with Gasteiger partial charge in [-0.15, -0.1) is 0 Å². The summed E-state index contributed by atoms with van der Waals surface area (Å²) in [5.41, 5.74) is 1.05. The summed E-state index contributed by atoms with van der Waals surface area (Å²) >= 11 is 1.42. The highest BCUT2D eigenvalue weighted by Gasteiger charge is 2.39. The lowest BCUT2D eigenvalue weighted by Gasteiger charge is -2.19. The maximum Gasteiger partial charge on any atom is 0.242 e. The van der Waals surface area contributed by atoms with Gasteiger partial charge in [0.25, 0.3) is 0 Å². The van der Waals surface area contributed by atoms with Gasteiger partial charge in [0, 0.05) is 26.1 Å². The van der Waals surface area contributed by atoms with Crippen molar-refractivity contribution >= 4 is 28.7 Å². The Kier molecular flexibility index (Phi) is 4.24. The van der Waals surface area contributed by atoms with Crippen molar-refractivity contribution in [3.63, 3.8) is 0 Å². The van der Waals surface area contributed by atoms with Crippen LogP contribution in [-0.2, 0) is 16.1 Å². The Balaban J connectivity index is 1.52. The fraction of sp³-hybridized carbons (Fsp3) is 0.400. The Labute approximate surface area is 127 Å². The van der Waals surface area contributed by atoms with Crippen LogP contribution in [0.4, 0.5) is 0 Å². The molecule has 3 rings (SSSR count). The van der Waals surface area contributed by atoms with E-state index in [4.69, 9.17) is 0 Å². The molecule has 1 atom stereocenters. The third-order valence-electron chi connectivity index (χ3n) is 3.51. The molecule has 1 saturated heterocycles. The van der Waals surface area contributed by atoms with Crippen molar-refractivity contribution in [3.8, 4) is 0 Å². The number of nitrogens with zero attached hydrogens (tertiary/aromatic N) is 2. The van der Waals surface area contributed by atoms with Gasteiger partial charge in [-0.1, -0.05) is 42.1 Å². The Morgan fingerprint density at radius 3 is 2.95 bits per heavy atom. The van der Waals surface area contributed by atoms with E-state index in [1.807, 2.05) is 30.3 Å². The van der Waals surface area contributed by atoms with Crippen LogP contribution in [0.15, 0.2) is 35.3 Å². The highest BCUT2D eigenvalue weighted by atomic mass is 32.2. The van der Waals surface area contributed by atoms with Crippen molar-refractivity contribution in [1.82, 2.24) is 10.2 Å². The number of amides is 2. The average Bonchev–Trinajstić information content (AvgIpc) is 2.83. The standard InChI is InChI=1S/C15H17N3O2S/c19-13(17-10-11-5-2-1-3-6-11)9-12-14(20)18-8-4-7-16-15(18)21-12/h1-3,5-6,12H,4,7-10H2,(H,17,19). The molecule has 0 aromatic heterocycles. The van der Waals surface area contributed by atoms with Gasteiger partial charge in [0.1, 0.15) is 5.25 Å². The van der Waals surface area contributed by atoms with E-state index in [0.29, 0.717) is 6.54 Å². The summed E-state index contributed by atoms with van der Waals surface area (Å²) in [6.07, 6.45) is 1.12. The van der Waals surface area contributed by atoms with E-state index >= 15 is 0 Å². The maximum absolute atomic E-state index is 12.2. The topological polar surface area (TPSA) is 61.8 Å². The van der Waals surface area contributed by atoms with Gasteiger partial charge in [0.15, 0.2) is 5.17 Å². The number of rotatable bonds is 4. The molecule has 0 aliphatic carbocycles. The number of amidine groups is 1. The zero-order valence-electron chi connectivity index (χ0n) is 11.6. The normalized spacial score (nSPS) is 21.0. The molecule has 1 fully saturated rings. The van der Waals surface area contributed by atoms with Crippen molar-refractivity contribution in [2.24, 2.45) is 4.99 Å². The number of hydrogen-bond donors (Lipinski definition) is 1. The van der Waals surface area contributed by atoms with Gasteiger partial charge in [0.05, 0.1) is 0 Å². The number of thioether (sulfide) groups is 1. The molecular formula is C15H17N3O2S. The smallest absolute Gasteiger partial charge is 0.242 e. The van der Waals surface area contributed by atoms with E-state index in [0.717, 1.165) is 30.2 Å². The molecule has 1 N–H and O–H groups in total. The first-order valence-corrected chi connectivity index (χ1v) is 7.95. The van der Waals surface area contributed by atoms with E-state index in [2.05, 4.69) is 10.3 Å².